The molecular formula is C16H20N2O3. The van der Waals surface area contributed by atoms with E-state index in [9.17, 15) is 0 Å². The van der Waals surface area contributed by atoms with Crippen molar-refractivity contribution in [3.63, 3.8) is 0 Å². The molecule has 1 aliphatic rings. The average Bonchev–Trinajstić information content (AvgIpc) is 3.07. The molecule has 0 fully saturated rings. The van der Waals surface area contributed by atoms with Gasteiger partial charge >= 0.3 is 0 Å². The number of hydrogen-bond acceptors (Lipinski definition) is 5. The molecule has 3 rings (SSSR count). The molecule has 1 aliphatic heterocycles. The monoisotopic (exact) mass is 288 g/mol. The molecule has 0 spiro atoms. The minimum atomic E-state index is 0.315. The fourth-order valence-corrected chi connectivity index (χ4v) is 2.53. The van der Waals surface area contributed by atoms with Gasteiger partial charge in [0.1, 0.15) is 5.76 Å². The smallest absolute Gasteiger partial charge is 0.231 e. The van der Waals surface area contributed by atoms with Gasteiger partial charge in [-0.1, -0.05) is 18.1 Å². The van der Waals surface area contributed by atoms with Crippen LogP contribution in [0, 0.1) is 13.8 Å². The first-order chi connectivity index (χ1) is 10.2. The molecule has 0 unspecified atom stereocenters. The Morgan fingerprint density at radius 1 is 1.14 bits per heavy atom. The highest BCUT2D eigenvalue weighted by molar-refractivity contribution is 5.44. The minimum Gasteiger partial charge on any atom is -0.454 e. The quantitative estimate of drug-likeness (QED) is 0.846. The maximum atomic E-state index is 5.43. The number of hydrogen-bond donors (Lipinski definition) is 0. The molecule has 2 heterocycles. The van der Waals surface area contributed by atoms with Crippen LogP contribution in [0.25, 0.3) is 0 Å². The Kier molecular flexibility index (Phi) is 3.84. The summed E-state index contributed by atoms with van der Waals surface area (Å²) in [4.78, 5) is 2.35. The second-order valence-corrected chi connectivity index (χ2v) is 5.29. The number of benzene rings is 1. The van der Waals surface area contributed by atoms with Gasteiger partial charge in [0, 0.05) is 18.7 Å². The molecule has 2 aromatic rings. The van der Waals surface area contributed by atoms with Crippen LogP contribution in [0.4, 0.5) is 0 Å². The molecule has 21 heavy (non-hydrogen) atoms. The molecule has 0 bridgehead atoms. The zero-order valence-corrected chi connectivity index (χ0v) is 12.7. The lowest BCUT2D eigenvalue weighted by Crippen LogP contribution is -2.22. The molecule has 0 radical (unpaired) electrons. The van der Waals surface area contributed by atoms with E-state index in [-0.39, 0.29) is 0 Å². The van der Waals surface area contributed by atoms with E-state index < -0.39 is 0 Å². The summed E-state index contributed by atoms with van der Waals surface area (Å²) in [5.74, 6) is 2.56. The van der Waals surface area contributed by atoms with E-state index in [1.54, 1.807) is 0 Å². The van der Waals surface area contributed by atoms with Crippen LogP contribution in [0.15, 0.2) is 22.7 Å². The number of rotatable bonds is 5. The lowest BCUT2D eigenvalue weighted by Gasteiger charge is -2.20. The summed E-state index contributed by atoms with van der Waals surface area (Å²) in [6.45, 7) is 9.08. The van der Waals surface area contributed by atoms with Gasteiger partial charge in [0.05, 0.1) is 5.69 Å². The van der Waals surface area contributed by atoms with Crippen LogP contribution < -0.4 is 9.47 Å². The van der Waals surface area contributed by atoms with E-state index >= 15 is 0 Å². The van der Waals surface area contributed by atoms with Crippen molar-refractivity contribution in [3.8, 4) is 11.5 Å². The standard InChI is InChI=1S/C16H20N2O3/c1-4-18(9-14-11(2)17-21-12(14)3)8-13-5-6-15-16(7-13)20-10-19-15/h5-7H,4,8-10H2,1-3H3. The molecule has 112 valence electrons. The summed E-state index contributed by atoms with van der Waals surface area (Å²) >= 11 is 0. The van der Waals surface area contributed by atoms with E-state index in [2.05, 4.69) is 29.1 Å². The summed E-state index contributed by atoms with van der Waals surface area (Å²) in [5, 5.41) is 4.02. The van der Waals surface area contributed by atoms with Gasteiger partial charge in [-0.15, -0.1) is 0 Å². The topological polar surface area (TPSA) is 47.7 Å². The number of aryl methyl sites for hydroxylation is 2. The van der Waals surface area contributed by atoms with Crippen molar-refractivity contribution in [1.82, 2.24) is 10.1 Å². The molecule has 5 heteroatoms. The Hall–Kier alpha value is -2.01. The van der Waals surface area contributed by atoms with E-state index in [1.807, 2.05) is 19.9 Å². The maximum absolute atomic E-state index is 5.43. The van der Waals surface area contributed by atoms with Gasteiger partial charge in [0.15, 0.2) is 11.5 Å². The van der Waals surface area contributed by atoms with Crippen molar-refractivity contribution < 1.29 is 14.0 Å². The predicted octanol–water partition coefficient (Wildman–Crippen LogP) is 3.04. The zero-order valence-electron chi connectivity index (χ0n) is 12.7. The molecule has 0 amide bonds. The van der Waals surface area contributed by atoms with Gasteiger partial charge in [-0.25, -0.2) is 0 Å². The van der Waals surface area contributed by atoms with E-state index in [4.69, 9.17) is 14.0 Å². The second kappa shape index (κ2) is 5.77. The van der Waals surface area contributed by atoms with E-state index in [0.29, 0.717) is 6.79 Å². The molecule has 0 saturated carbocycles. The van der Waals surface area contributed by atoms with Gasteiger partial charge in [-0.3, -0.25) is 4.90 Å². The summed E-state index contributed by atoms with van der Waals surface area (Å²) < 4.78 is 16.0. The van der Waals surface area contributed by atoms with Crippen LogP contribution >= 0.6 is 0 Å². The third kappa shape index (κ3) is 2.88. The minimum absolute atomic E-state index is 0.315. The second-order valence-electron chi connectivity index (χ2n) is 5.29. The molecule has 0 aliphatic carbocycles. The first-order valence-corrected chi connectivity index (χ1v) is 7.20. The number of fused-ring (bicyclic) bond motifs is 1. The third-order valence-corrected chi connectivity index (χ3v) is 3.85. The van der Waals surface area contributed by atoms with Crippen LogP contribution in [0.2, 0.25) is 0 Å². The van der Waals surface area contributed by atoms with E-state index in [1.165, 1.54) is 11.1 Å². The van der Waals surface area contributed by atoms with Gasteiger partial charge in [0.2, 0.25) is 6.79 Å². The van der Waals surface area contributed by atoms with Crippen molar-refractivity contribution in [2.75, 3.05) is 13.3 Å². The number of nitrogens with zero attached hydrogens (tertiary/aromatic N) is 2. The highest BCUT2D eigenvalue weighted by Gasteiger charge is 2.16. The van der Waals surface area contributed by atoms with Crippen LogP contribution in [0.5, 0.6) is 11.5 Å². The SMILES string of the molecule is CCN(Cc1ccc2c(c1)OCO2)Cc1c(C)noc1C. The molecule has 0 atom stereocenters. The first-order valence-electron chi connectivity index (χ1n) is 7.20. The summed E-state index contributed by atoms with van der Waals surface area (Å²) in [7, 11) is 0. The zero-order chi connectivity index (χ0) is 14.8. The van der Waals surface area contributed by atoms with Crippen LogP contribution in [-0.2, 0) is 13.1 Å². The predicted molar refractivity (Wildman–Crippen MR) is 78.3 cm³/mol. The van der Waals surface area contributed by atoms with Gasteiger partial charge in [-0.2, -0.15) is 0 Å². The highest BCUT2D eigenvalue weighted by atomic mass is 16.7. The summed E-state index contributed by atoms with van der Waals surface area (Å²) in [6.07, 6.45) is 0. The lowest BCUT2D eigenvalue weighted by atomic mass is 10.1. The van der Waals surface area contributed by atoms with Crippen molar-refractivity contribution in [1.29, 1.82) is 0 Å². The molecule has 1 aromatic carbocycles. The first kappa shape index (κ1) is 13.9. The molecule has 1 aromatic heterocycles. The van der Waals surface area contributed by atoms with Crippen molar-refractivity contribution in [3.05, 3.63) is 40.8 Å². The van der Waals surface area contributed by atoms with Crippen molar-refractivity contribution in [2.45, 2.75) is 33.9 Å². The molecule has 0 saturated heterocycles. The summed E-state index contributed by atoms with van der Waals surface area (Å²) in [5.41, 5.74) is 3.36. The van der Waals surface area contributed by atoms with Gasteiger partial charge in [0.25, 0.3) is 0 Å². The molecular weight excluding hydrogens is 268 g/mol. The normalized spacial score (nSPS) is 13.1. The highest BCUT2D eigenvalue weighted by Crippen LogP contribution is 2.33. The molecule has 0 N–H and O–H groups in total. The third-order valence-electron chi connectivity index (χ3n) is 3.85. The average molecular weight is 288 g/mol. The Morgan fingerprint density at radius 3 is 2.67 bits per heavy atom. The Morgan fingerprint density at radius 2 is 1.95 bits per heavy atom. The van der Waals surface area contributed by atoms with Crippen LogP contribution in [0.3, 0.4) is 0 Å². The van der Waals surface area contributed by atoms with Crippen molar-refractivity contribution in [2.24, 2.45) is 0 Å². The number of ether oxygens (including phenoxy) is 2. The molecule has 5 nitrogen and oxygen atoms in total. The maximum Gasteiger partial charge on any atom is 0.231 e. The number of aromatic nitrogens is 1. The largest absolute Gasteiger partial charge is 0.454 e. The van der Waals surface area contributed by atoms with Crippen LogP contribution in [-0.4, -0.2) is 23.4 Å². The Bertz CT molecular complexity index is 617. The fourth-order valence-electron chi connectivity index (χ4n) is 2.53. The fraction of sp³-hybridized carbons (Fsp3) is 0.438. The van der Waals surface area contributed by atoms with Gasteiger partial charge in [-0.05, 0) is 38.1 Å². The Balaban J connectivity index is 1.73. The van der Waals surface area contributed by atoms with E-state index in [0.717, 1.165) is 42.6 Å². The lowest BCUT2D eigenvalue weighted by molar-refractivity contribution is 0.174. The van der Waals surface area contributed by atoms with Crippen LogP contribution in [0.1, 0.15) is 29.5 Å². The summed E-state index contributed by atoms with van der Waals surface area (Å²) in [6, 6.07) is 6.11. The Labute approximate surface area is 124 Å². The van der Waals surface area contributed by atoms with Crippen molar-refractivity contribution >= 4 is 0 Å². The van der Waals surface area contributed by atoms with Gasteiger partial charge < -0.3 is 14.0 Å².